The molecule has 0 aliphatic heterocycles. The molecule has 0 saturated carbocycles. The minimum absolute atomic E-state index is 0.00386. The lowest BCUT2D eigenvalue weighted by Crippen LogP contribution is -2.30. The van der Waals surface area contributed by atoms with E-state index in [4.69, 9.17) is 28.9 Å². The third kappa shape index (κ3) is 6.21. The number of hydrogen-bond acceptors (Lipinski definition) is 2. The van der Waals surface area contributed by atoms with Crippen molar-refractivity contribution in [2.45, 2.75) is 18.3 Å². The van der Waals surface area contributed by atoms with Crippen molar-refractivity contribution in [2.75, 3.05) is 0 Å². The molecule has 0 saturated heterocycles. The second kappa shape index (κ2) is 2.67. The van der Waals surface area contributed by atoms with Crippen LogP contribution < -0.4 is 5.73 Å². The Morgan fingerprint density at radius 3 is 2.25 bits per heavy atom. The molecule has 0 aliphatic carbocycles. The zero-order valence-electron chi connectivity index (χ0n) is 4.45. The highest BCUT2D eigenvalue weighted by Gasteiger charge is 2.16. The first-order valence-corrected chi connectivity index (χ1v) is 2.83. The average molecular weight is 156 g/mol. The van der Waals surface area contributed by atoms with Gasteiger partial charge < -0.3 is 5.73 Å². The van der Waals surface area contributed by atoms with Gasteiger partial charge in [-0.25, -0.2) is 0 Å². The molecule has 0 aromatic heterocycles. The van der Waals surface area contributed by atoms with Gasteiger partial charge in [-0.15, -0.1) is 11.6 Å². The Hall–Kier alpha value is 0.210. The van der Waals surface area contributed by atoms with Gasteiger partial charge in [0.05, 0.1) is 11.4 Å². The molecular weight excluding hydrogens is 149 g/mol. The van der Waals surface area contributed by atoms with Gasteiger partial charge in [-0.05, 0) is 18.5 Å². The Bertz CT molecular complexity index is 96.7. The lowest BCUT2D eigenvalue weighted by Gasteiger charge is -2.10. The molecule has 0 aliphatic rings. The van der Waals surface area contributed by atoms with Gasteiger partial charge in [0.1, 0.15) is 0 Å². The number of alkyl halides is 1. The molecule has 48 valence electrons. The monoisotopic (exact) mass is 155 g/mol. The van der Waals surface area contributed by atoms with Crippen LogP contribution in [0.5, 0.6) is 0 Å². The summed E-state index contributed by atoms with van der Waals surface area (Å²) in [5.74, 6) is 0. The van der Waals surface area contributed by atoms with Gasteiger partial charge >= 0.3 is 0 Å². The summed E-state index contributed by atoms with van der Waals surface area (Å²) in [6.45, 7) is 1.52. The first-order valence-electron chi connectivity index (χ1n) is 2.08. The van der Waals surface area contributed by atoms with Crippen molar-refractivity contribution in [3.05, 3.63) is 0 Å². The Morgan fingerprint density at radius 1 is 1.88 bits per heavy atom. The van der Waals surface area contributed by atoms with Crippen LogP contribution in [0.1, 0.15) is 13.3 Å². The van der Waals surface area contributed by atoms with E-state index in [0.717, 1.165) is 0 Å². The molecule has 1 unspecified atom stereocenters. The maximum atomic E-state index is 10.1. The largest absolute Gasteiger partial charge is 0.313 e. The molecule has 1 atom stereocenters. The first-order chi connectivity index (χ1) is 3.42. The van der Waals surface area contributed by atoms with Crippen molar-refractivity contribution in [1.29, 1.82) is 0 Å². The van der Waals surface area contributed by atoms with E-state index in [9.17, 15) is 4.79 Å². The molecule has 2 N–H and O–H groups in total. The van der Waals surface area contributed by atoms with E-state index < -0.39 is 10.2 Å². The second-order valence-corrected chi connectivity index (χ2v) is 3.09. The highest BCUT2D eigenvalue weighted by Crippen LogP contribution is 2.11. The molecule has 0 rings (SSSR count). The molecular formula is C4H7Cl2NO. The average Bonchev–Trinajstić information content (AvgIpc) is 1.21. The highest BCUT2D eigenvalue weighted by atomic mass is 35.5. The summed E-state index contributed by atoms with van der Waals surface area (Å²) in [6, 6.07) is 0. The van der Waals surface area contributed by atoms with Crippen LogP contribution in [0, 0.1) is 0 Å². The van der Waals surface area contributed by atoms with E-state index in [-0.39, 0.29) is 6.42 Å². The third-order valence-electron chi connectivity index (χ3n) is 0.485. The van der Waals surface area contributed by atoms with Crippen molar-refractivity contribution in [3.8, 4) is 0 Å². The van der Waals surface area contributed by atoms with Crippen LogP contribution >= 0.6 is 23.2 Å². The summed E-state index contributed by atoms with van der Waals surface area (Å²) in [6.07, 6.45) is -0.00386. The summed E-state index contributed by atoms with van der Waals surface area (Å²) in [5, 5.41) is -0.509. The van der Waals surface area contributed by atoms with Crippen molar-refractivity contribution >= 4 is 28.4 Å². The van der Waals surface area contributed by atoms with E-state index in [1.165, 1.54) is 6.92 Å². The molecule has 0 fully saturated rings. The van der Waals surface area contributed by atoms with Crippen LogP contribution in [0.15, 0.2) is 0 Å². The molecule has 4 heteroatoms. The Balaban J connectivity index is 3.55. The van der Waals surface area contributed by atoms with Gasteiger partial charge in [0.2, 0.25) is 5.24 Å². The number of carbonyl (C=O) groups is 1. The Kier molecular flexibility index (Phi) is 2.74. The molecule has 0 aromatic carbocycles. The Morgan fingerprint density at radius 2 is 2.25 bits per heavy atom. The van der Waals surface area contributed by atoms with Crippen LogP contribution in [0.4, 0.5) is 0 Å². The van der Waals surface area contributed by atoms with Crippen molar-refractivity contribution in [3.63, 3.8) is 0 Å². The van der Waals surface area contributed by atoms with E-state index in [1.54, 1.807) is 0 Å². The van der Waals surface area contributed by atoms with E-state index in [1.807, 2.05) is 0 Å². The molecule has 0 bridgehead atoms. The first kappa shape index (κ1) is 8.21. The van der Waals surface area contributed by atoms with Gasteiger partial charge in [-0.1, -0.05) is 0 Å². The van der Waals surface area contributed by atoms with Crippen molar-refractivity contribution in [1.82, 2.24) is 0 Å². The van der Waals surface area contributed by atoms with Crippen LogP contribution in [-0.4, -0.2) is 10.2 Å². The van der Waals surface area contributed by atoms with Gasteiger partial charge in [0.25, 0.3) is 0 Å². The summed E-state index contributed by atoms with van der Waals surface area (Å²) in [4.78, 5) is 9.07. The van der Waals surface area contributed by atoms with Crippen LogP contribution in [0.2, 0.25) is 0 Å². The molecule has 0 amide bonds. The zero-order valence-corrected chi connectivity index (χ0v) is 5.96. The SMILES string of the molecule is CC(N)(Cl)CC(=O)Cl. The van der Waals surface area contributed by atoms with Gasteiger partial charge in [-0.2, -0.15) is 0 Å². The summed E-state index contributed by atoms with van der Waals surface area (Å²) < 4.78 is 0. The number of hydrogen-bond donors (Lipinski definition) is 1. The lowest BCUT2D eigenvalue weighted by atomic mass is 10.3. The molecule has 0 heterocycles. The van der Waals surface area contributed by atoms with Gasteiger partial charge in [-0.3, -0.25) is 4.79 Å². The molecule has 0 aromatic rings. The number of rotatable bonds is 2. The summed E-state index contributed by atoms with van der Waals surface area (Å²) in [7, 11) is 0. The van der Waals surface area contributed by atoms with Gasteiger partial charge in [0, 0.05) is 0 Å². The fraction of sp³-hybridized carbons (Fsp3) is 0.750. The van der Waals surface area contributed by atoms with Crippen LogP contribution in [0.25, 0.3) is 0 Å². The molecule has 8 heavy (non-hydrogen) atoms. The number of carbonyl (C=O) groups excluding carboxylic acids is 1. The fourth-order valence-electron chi connectivity index (χ4n) is 0.272. The Labute approximate surface area is 57.9 Å². The van der Waals surface area contributed by atoms with E-state index in [2.05, 4.69) is 0 Å². The molecule has 2 nitrogen and oxygen atoms in total. The minimum atomic E-state index is -0.987. The predicted molar refractivity (Wildman–Crippen MR) is 33.9 cm³/mol. The maximum Gasteiger partial charge on any atom is 0.224 e. The van der Waals surface area contributed by atoms with Crippen molar-refractivity contribution < 1.29 is 4.79 Å². The maximum absolute atomic E-state index is 10.1. The van der Waals surface area contributed by atoms with E-state index >= 15 is 0 Å². The third-order valence-corrected chi connectivity index (χ3v) is 0.752. The van der Waals surface area contributed by atoms with Crippen LogP contribution in [-0.2, 0) is 4.79 Å². The second-order valence-electron chi connectivity index (χ2n) is 1.81. The minimum Gasteiger partial charge on any atom is -0.313 e. The summed E-state index contributed by atoms with van der Waals surface area (Å²) >= 11 is 10.4. The lowest BCUT2D eigenvalue weighted by molar-refractivity contribution is -0.112. The zero-order chi connectivity index (χ0) is 6.78. The highest BCUT2D eigenvalue weighted by molar-refractivity contribution is 6.64. The quantitative estimate of drug-likeness (QED) is 0.369. The fourth-order valence-corrected chi connectivity index (χ4v) is 0.739. The number of halogens is 2. The smallest absolute Gasteiger partial charge is 0.224 e. The van der Waals surface area contributed by atoms with E-state index in [0.29, 0.717) is 0 Å². The van der Waals surface area contributed by atoms with Gasteiger partial charge in [0.15, 0.2) is 0 Å². The summed E-state index contributed by atoms with van der Waals surface area (Å²) in [5.41, 5.74) is 5.20. The standard InChI is InChI=1S/C4H7Cl2NO/c1-4(6,7)2-3(5)8/h2,7H2,1H3. The number of nitrogens with two attached hydrogens (primary N) is 1. The molecule has 0 spiro atoms. The normalized spacial score (nSPS) is 17.5. The predicted octanol–water partition coefficient (Wildman–Crippen LogP) is 1.06. The topological polar surface area (TPSA) is 43.1 Å². The molecule has 0 radical (unpaired) electrons. The van der Waals surface area contributed by atoms with Crippen LogP contribution in [0.3, 0.4) is 0 Å². The van der Waals surface area contributed by atoms with Crippen molar-refractivity contribution in [2.24, 2.45) is 5.73 Å².